The maximum atomic E-state index is 11.5. The van der Waals surface area contributed by atoms with Crippen molar-refractivity contribution in [1.82, 2.24) is 10.6 Å². The molecule has 0 bridgehead atoms. The Morgan fingerprint density at radius 3 is 2.79 bits per heavy atom. The zero-order valence-electron chi connectivity index (χ0n) is 8.71. The van der Waals surface area contributed by atoms with Gasteiger partial charge in [-0.25, -0.2) is 0 Å². The average molecular weight is 202 g/mol. The van der Waals surface area contributed by atoms with Crippen LogP contribution in [0, 0.1) is 5.92 Å². The summed E-state index contributed by atoms with van der Waals surface area (Å²) in [6.07, 6.45) is 0.560. The van der Waals surface area contributed by atoms with Gasteiger partial charge in [0.25, 0.3) is 0 Å². The van der Waals surface area contributed by atoms with Crippen LogP contribution < -0.4 is 10.6 Å². The van der Waals surface area contributed by atoms with E-state index in [1.54, 1.807) is 14.2 Å². The van der Waals surface area contributed by atoms with E-state index in [2.05, 4.69) is 10.6 Å². The number of rotatable bonds is 5. The fourth-order valence-electron chi connectivity index (χ4n) is 1.47. The standard InChI is InChI=1S/C9H18N2O3/c1-13-8(14-2)6-11-9(12)7-3-4-10-5-7/h7-8,10H,3-6H2,1-2H3,(H,11,12). The molecular formula is C9H18N2O3. The Balaban J connectivity index is 2.19. The summed E-state index contributed by atoms with van der Waals surface area (Å²) in [5.41, 5.74) is 0. The highest BCUT2D eigenvalue weighted by atomic mass is 16.7. The molecule has 82 valence electrons. The van der Waals surface area contributed by atoms with Crippen LogP contribution >= 0.6 is 0 Å². The van der Waals surface area contributed by atoms with Crippen LogP contribution in [0.2, 0.25) is 0 Å². The van der Waals surface area contributed by atoms with Crippen LogP contribution in [0.5, 0.6) is 0 Å². The molecule has 0 saturated carbocycles. The molecule has 1 aliphatic rings. The topological polar surface area (TPSA) is 59.6 Å². The molecule has 0 spiro atoms. The number of amides is 1. The molecular weight excluding hydrogens is 184 g/mol. The molecule has 1 saturated heterocycles. The zero-order chi connectivity index (χ0) is 10.4. The van der Waals surface area contributed by atoms with E-state index >= 15 is 0 Å². The van der Waals surface area contributed by atoms with Crippen molar-refractivity contribution in [2.45, 2.75) is 12.7 Å². The number of methoxy groups -OCH3 is 2. The molecule has 0 radical (unpaired) electrons. The number of carbonyl (C=O) groups excluding carboxylic acids is 1. The predicted molar refractivity (Wildman–Crippen MR) is 51.8 cm³/mol. The molecule has 0 aromatic carbocycles. The second-order valence-corrected chi connectivity index (χ2v) is 3.34. The van der Waals surface area contributed by atoms with Gasteiger partial charge in [0.2, 0.25) is 5.91 Å². The Labute approximate surface area is 84.1 Å². The van der Waals surface area contributed by atoms with Gasteiger partial charge in [0, 0.05) is 20.8 Å². The smallest absolute Gasteiger partial charge is 0.224 e. The van der Waals surface area contributed by atoms with Gasteiger partial charge in [0.05, 0.1) is 12.5 Å². The lowest BCUT2D eigenvalue weighted by Gasteiger charge is -2.15. The molecule has 0 aromatic heterocycles. The van der Waals surface area contributed by atoms with Crippen molar-refractivity contribution in [3.63, 3.8) is 0 Å². The van der Waals surface area contributed by atoms with Crippen LogP contribution in [-0.2, 0) is 14.3 Å². The minimum Gasteiger partial charge on any atom is -0.354 e. The van der Waals surface area contributed by atoms with Crippen LogP contribution in [0.1, 0.15) is 6.42 Å². The van der Waals surface area contributed by atoms with E-state index in [0.717, 1.165) is 19.5 Å². The van der Waals surface area contributed by atoms with Crippen molar-refractivity contribution in [2.24, 2.45) is 5.92 Å². The van der Waals surface area contributed by atoms with Crippen molar-refractivity contribution in [1.29, 1.82) is 0 Å². The van der Waals surface area contributed by atoms with Gasteiger partial charge < -0.3 is 20.1 Å². The first-order valence-electron chi connectivity index (χ1n) is 4.82. The van der Waals surface area contributed by atoms with Gasteiger partial charge in [-0.05, 0) is 13.0 Å². The quantitative estimate of drug-likeness (QED) is 0.581. The molecule has 1 aliphatic heterocycles. The van der Waals surface area contributed by atoms with Gasteiger partial charge >= 0.3 is 0 Å². The van der Waals surface area contributed by atoms with E-state index in [0.29, 0.717) is 6.54 Å². The number of hydrogen-bond donors (Lipinski definition) is 2. The lowest BCUT2D eigenvalue weighted by molar-refractivity contribution is -0.130. The third-order valence-electron chi connectivity index (χ3n) is 2.40. The highest BCUT2D eigenvalue weighted by Gasteiger charge is 2.22. The summed E-state index contributed by atoms with van der Waals surface area (Å²) in [6.45, 7) is 2.11. The van der Waals surface area contributed by atoms with Crippen LogP contribution in [0.4, 0.5) is 0 Å². The molecule has 5 heteroatoms. The Kier molecular flexibility index (Phi) is 4.86. The SMILES string of the molecule is COC(CNC(=O)C1CCNC1)OC. The molecule has 1 amide bonds. The molecule has 1 unspecified atom stereocenters. The highest BCUT2D eigenvalue weighted by Crippen LogP contribution is 2.06. The van der Waals surface area contributed by atoms with E-state index < -0.39 is 0 Å². The number of hydrogen-bond acceptors (Lipinski definition) is 4. The van der Waals surface area contributed by atoms with Crippen LogP contribution in [0.15, 0.2) is 0 Å². The summed E-state index contributed by atoms with van der Waals surface area (Å²) in [5.74, 6) is 0.179. The van der Waals surface area contributed by atoms with Crippen LogP contribution in [0.25, 0.3) is 0 Å². The second kappa shape index (κ2) is 5.95. The van der Waals surface area contributed by atoms with E-state index in [1.165, 1.54) is 0 Å². The van der Waals surface area contributed by atoms with Crippen molar-refractivity contribution < 1.29 is 14.3 Å². The lowest BCUT2D eigenvalue weighted by Crippen LogP contribution is -2.38. The van der Waals surface area contributed by atoms with Crippen molar-refractivity contribution >= 4 is 5.91 Å². The number of nitrogens with one attached hydrogen (secondary N) is 2. The maximum Gasteiger partial charge on any atom is 0.224 e. The second-order valence-electron chi connectivity index (χ2n) is 3.34. The fraction of sp³-hybridized carbons (Fsp3) is 0.889. The first-order chi connectivity index (χ1) is 6.77. The third kappa shape index (κ3) is 3.25. The summed E-state index contributed by atoms with van der Waals surface area (Å²) in [6, 6.07) is 0. The number of carbonyl (C=O) groups is 1. The van der Waals surface area contributed by atoms with Crippen molar-refractivity contribution in [3.8, 4) is 0 Å². The lowest BCUT2D eigenvalue weighted by atomic mass is 10.1. The Hall–Kier alpha value is -0.650. The van der Waals surface area contributed by atoms with Gasteiger partial charge in [-0.1, -0.05) is 0 Å². The number of ether oxygens (including phenoxy) is 2. The summed E-state index contributed by atoms with van der Waals surface area (Å²) >= 11 is 0. The summed E-state index contributed by atoms with van der Waals surface area (Å²) in [5, 5.41) is 5.94. The molecule has 1 heterocycles. The van der Waals surface area contributed by atoms with E-state index in [-0.39, 0.29) is 18.1 Å². The molecule has 1 fully saturated rings. The summed E-state index contributed by atoms with van der Waals surface area (Å²) in [4.78, 5) is 11.5. The minimum atomic E-state index is -0.353. The van der Waals surface area contributed by atoms with Gasteiger partial charge in [0.1, 0.15) is 0 Å². The first kappa shape index (κ1) is 11.4. The van der Waals surface area contributed by atoms with Gasteiger partial charge in [-0.15, -0.1) is 0 Å². The molecule has 5 nitrogen and oxygen atoms in total. The monoisotopic (exact) mass is 202 g/mol. The molecule has 2 N–H and O–H groups in total. The molecule has 14 heavy (non-hydrogen) atoms. The van der Waals surface area contributed by atoms with Crippen LogP contribution in [0.3, 0.4) is 0 Å². The van der Waals surface area contributed by atoms with Gasteiger partial charge in [0.15, 0.2) is 6.29 Å². The average Bonchev–Trinajstić information content (AvgIpc) is 2.72. The Morgan fingerprint density at radius 1 is 1.57 bits per heavy atom. The molecule has 1 atom stereocenters. The van der Waals surface area contributed by atoms with E-state index in [4.69, 9.17) is 9.47 Å². The van der Waals surface area contributed by atoms with Gasteiger partial charge in [-0.3, -0.25) is 4.79 Å². The Morgan fingerprint density at radius 2 is 2.29 bits per heavy atom. The van der Waals surface area contributed by atoms with E-state index in [9.17, 15) is 4.79 Å². The third-order valence-corrected chi connectivity index (χ3v) is 2.40. The maximum absolute atomic E-state index is 11.5. The fourth-order valence-corrected chi connectivity index (χ4v) is 1.47. The largest absolute Gasteiger partial charge is 0.354 e. The minimum absolute atomic E-state index is 0.0779. The van der Waals surface area contributed by atoms with Crippen molar-refractivity contribution in [3.05, 3.63) is 0 Å². The molecule has 1 rings (SSSR count). The summed E-state index contributed by atoms with van der Waals surface area (Å²) in [7, 11) is 3.11. The normalized spacial score (nSPS) is 21.5. The van der Waals surface area contributed by atoms with Gasteiger partial charge in [-0.2, -0.15) is 0 Å². The zero-order valence-corrected chi connectivity index (χ0v) is 8.71. The molecule has 0 aromatic rings. The van der Waals surface area contributed by atoms with E-state index in [1.807, 2.05) is 0 Å². The highest BCUT2D eigenvalue weighted by molar-refractivity contribution is 5.79. The van der Waals surface area contributed by atoms with Crippen LogP contribution in [-0.4, -0.2) is 46.1 Å². The first-order valence-corrected chi connectivity index (χ1v) is 4.82. The predicted octanol–water partition coefficient (Wildman–Crippen LogP) is -0.669. The summed E-state index contributed by atoms with van der Waals surface area (Å²) < 4.78 is 9.92. The Bertz CT molecular complexity index is 177. The molecule has 0 aliphatic carbocycles. The van der Waals surface area contributed by atoms with Crippen molar-refractivity contribution in [2.75, 3.05) is 33.9 Å².